The van der Waals surface area contributed by atoms with Gasteiger partial charge in [-0.25, -0.2) is 0 Å². The smallest absolute Gasteiger partial charge is 0.288 e. The normalized spacial score (nSPS) is 31.3. The summed E-state index contributed by atoms with van der Waals surface area (Å²) in [6.07, 6.45) is 1.69. The molecule has 0 saturated carbocycles. The zero-order chi connectivity index (χ0) is 11.5. The number of hydrogen-bond donors (Lipinski definition) is 3. The highest BCUT2D eigenvalue weighted by Gasteiger charge is 2.23. The first-order valence-electron chi connectivity index (χ1n) is 4.37. The van der Waals surface area contributed by atoms with Crippen LogP contribution in [0.5, 0.6) is 0 Å². The monoisotopic (exact) mass is 254 g/mol. The van der Waals surface area contributed by atoms with Crippen molar-refractivity contribution in [1.29, 1.82) is 0 Å². The largest absolute Gasteiger partial charge is 0.703 e. The summed E-state index contributed by atoms with van der Waals surface area (Å²) >= 11 is 5.08. The molecule has 0 spiro atoms. The van der Waals surface area contributed by atoms with E-state index in [9.17, 15) is 8.42 Å². The number of hydrogen-bond acceptors (Lipinski definition) is 7. The van der Waals surface area contributed by atoms with Crippen LogP contribution in [-0.4, -0.2) is 38.5 Å². The van der Waals surface area contributed by atoms with Gasteiger partial charge in [0.2, 0.25) is 0 Å². The molecule has 4 N–H and O–H groups in total. The summed E-state index contributed by atoms with van der Waals surface area (Å²) in [4.78, 5) is 0.903. The van der Waals surface area contributed by atoms with Gasteiger partial charge in [0.1, 0.15) is 11.8 Å². The molecular formula is C6H14N4O3S2. The van der Waals surface area contributed by atoms with Crippen LogP contribution in [0.2, 0.25) is 0 Å². The van der Waals surface area contributed by atoms with E-state index in [1.54, 1.807) is 6.21 Å². The second kappa shape index (κ2) is 5.12. The maximum absolute atomic E-state index is 11.0. The molecule has 1 aliphatic rings. The second-order valence-corrected chi connectivity index (χ2v) is 5.45. The minimum absolute atomic E-state index is 0.0710. The lowest BCUT2D eigenvalue weighted by Crippen LogP contribution is -3.21. The Morgan fingerprint density at radius 2 is 2.40 bits per heavy atom. The molecule has 0 bridgehead atoms. The van der Waals surface area contributed by atoms with Crippen molar-refractivity contribution >= 4 is 29.0 Å². The van der Waals surface area contributed by atoms with E-state index < -0.39 is 10.1 Å². The molecule has 0 fully saturated rings. The molecule has 7 nitrogen and oxygen atoms in total. The first kappa shape index (κ1) is 12.7. The van der Waals surface area contributed by atoms with Crippen molar-refractivity contribution in [2.24, 2.45) is 11.0 Å². The summed E-state index contributed by atoms with van der Waals surface area (Å²) in [6, 6.07) is 0.0710. The van der Waals surface area contributed by atoms with Crippen LogP contribution in [0.1, 0.15) is 6.92 Å². The molecule has 9 heteroatoms. The minimum atomic E-state index is -3.63. The lowest BCUT2D eigenvalue weighted by atomic mass is 10.3. The lowest BCUT2D eigenvalue weighted by molar-refractivity contribution is -0.924. The maximum atomic E-state index is 11.0. The van der Waals surface area contributed by atoms with Gasteiger partial charge in [-0.2, -0.15) is 23.7 Å². The van der Waals surface area contributed by atoms with Crippen molar-refractivity contribution in [3.8, 4) is 0 Å². The van der Waals surface area contributed by atoms with Crippen LogP contribution in [0.25, 0.3) is 0 Å². The Kier molecular flexibility index (Phi) is 4.34. The van der Waals surface area contributed by atoms with E-state index in [4.69, 9.17) is 12.6 Å². The van der Waals surface area contributed by atoms with Gasteiger partial charge in [-0.1, -0.05) is 0 Å². The zero-order valence-electron chi connectivity index (χ0n) is 8.21. The van der Waals surface area contributed by atoms with Gasteiger partial charge in [0.25, 0.3) is 10.1 Å². The number of nitrogens with two attached hydrogens (primary N) is 1. The lowest BCUT2D eigenvalue weighted by Gasteiger charge is -2.38. The molecule has 0 aliphatic carbocycles. The SMILES string of the molecule is CC1C=NNC([S-])[NH+]1CCS(=O)(=O)ON. The molecule has 1 heterocycles. The zero-order valence-corrected chi connectivity index (χ0v) is 9.85. The minimum Gasteiger partial charge on any atom is -0.703 e. The average molecular weight is 254 g/mol. The molecule has 88 valence electrons. The van der Waals surface area contributed by atoms with Crippen molar-refractivity contribution in [2.75, 3.05) is 12.3 Å². The van der Waals surface area contributed by atoms with Crippen LogP contribution in [0.3, 0.4) is 0 Å². The summed E-state index contributed by atoms with van der Waals surface area (Å²) in [5.74, 6) is 4.47. The van der Waals surface area contributed by atoms with E-state index in [0.29, 0.717) is 6.54 Å². The van der Waals surface area contributed by atoms with Crippen LogP contribution in [0, 0.1) is 0 Å². The number of nitrogens with zero attached hydrogens (tertiary/aromatic N) is 1. The predicted molar refractivity (Wildman–Crippen MR) is 57.1 cm³/mol. The van der Waals surface area contributed by atoms with Gasteiger partial charge in [0, 0.05) is 0 Å². The first-order valence-corrected chi connectivity index (χ1v) is 6.42. The van der Waals surface area contributed by atoms with Gasteiger partial charge in [0.15, 0.2) is 0 Å². The Balaban J connectivity index is 2.54. The molecule has 0 aromatic rings. The molecule has 0 aromatic carbocycles. The van der Waals surface area contributed by atoms with Gasteiger partial charge in [-0.05, 0) is 6.92 Å². The highest BCUT2D eigenvalue weighted by Crippen LogP contribution is 1.86. The van der Waals surface area contributed by atoms with E-state index in [1.165, 1.54) is 0 Å². The van der Waals surface area contributed by atoms with E-state index >= 15 is 0 Å². The van der Waals surface area contributed by atoms with Gasteiger partial charge in [-0.15, -0.1) is 0 Å². The van der Waals surface area contributed by atoms with Crippen LogP contribution >= 0.6 is 0 Å². The Morgan fingerprint density at radius 3 is 2.93 bits per heavy atom. The van der Waals surface area contributed by atoms with Crippen LogP contribution < -0.4 is 16.2 Å². The second-order valence-electron chi connectivity index (χ2n) is 3.26. The third-order valence-electron chi connectivity index (χ3n) is 2.20. The molecule has 1 rings (SSSR count). The summed E-state index contributed by atoms with van der Waals surface area (Å²) in [5.41, 5.74) is 2.36. The van der Waals surface area contributed by atoms with E-state index in [2.05, 4.69) is 20.7 Å². The van der Waals surface area contributed by atoms with Crippen molar-refractivity contribution < 1.29 is 17.6 Å². The molecule has 0 aromatic heterocycles. The van der Waals surface area contributed by atoms with E-state index in [1.807, 2.05) is 6.92 Å². The number of nitrogens with one attached hydrogen (secondary N) is 2. The molecule has 0 amide bonds. The standard InChI is InChI=1S/C6H14N4O3S2/c1-5-4-8-9-6(14)10(5)2-3-15(11,12)13-7/h4-6,9,14H,2-3,7H2,1H3. The number of hydrazone groups is 1. The van der Waals surface area contributed by atoms with Crippen molar-refractivity contribution in [3.05, 3.63) is 0 Å². The van der Waals surface area contributed by atoms with Gasteiger partial charge in [0.05, 0.1) is 18.3 Å². The quantitative estimate of drug-likeness (QED) is 0.363. The summed E-state index contributed by atoms with van der Waals surface area (Å²) < 4.78 is 25.9. The molecule has 3 unspecified atom stereocenters. The summed E-state index contributed by atoms with van der Waals surface area (Å²) in [7, 11) is -3.63. The van der Waals surface area contributed by atoms with Gasteiger partial charge in [-0.3, -0.25) is 5.43 Å². The van der Waals surface area contributed by atoms with Gasteiger partial charge >= 0.3 is 0 Å². The molecule has 1 aliphatic heterocycles. The van der Waals surface area contributed by atoms with Crippen molar-refractivity contribution in [2.45, 2.75) is 18.5 Å². The number of rotatable bonds is 4. The third kappa shape index (κ3) is 3.61. The Labute approximate surface area is 94.1 Å². The fraction of sp³-hybridized carbons (Fsp3) is 0.833. The molecule has 15 heavy (non-hydrogen) atoms. The van der Waals surface area contributed by atoms with Crippen molar-refractivity contribution in [3.63, 3.8) is 0 Å². The highest BCUT2D eigenvalue weighted by atomic mass is 32.2. The summed E-state index contributed by atoms with van der Waals surface area (Å²) in [5, 5.41) is 3.85. The Hall–Kier alpha value is -0.350. The maximum Gasteiger partial charge on any atom is 0.288 e. The summed E-state index contributed by atoms with van der Waals surface area (Å²) in [6.45, 7) is 2.24. The molecule has 3 atom stereocenters. The molecule has 0 saturated heterocycles. The molecular weight excluding hydrogens is 240 g/mol. The van der Waals surface area contributed by atoms with Crippen LogP contribution in [0.15, 0.2) is 5.10 Å². The fourth-order valence-corrected chi connectivity index (χ4v) is 2.26. The van der Waals surface area contributed by atoms with Crippen molar-refractivity contribution in [1.82, 2.24) is 5.43 Å². The Morgan fingerprint density at radius 1 is 1.73 bits per heavy atom. The topological polar surface area (TPSA) is 98.2 Å². The Bertz CT molecular complexity index is 331. The number of quaternary nitrogens is 1. The average Bonchev–Trinajstić information content (AvgIpc) is 2.17. The fourth-order valence-electron chi connectivity index (χ4n) is 1.29. The van der Waals surface area contributed by atoms with E-state index in [0.717, 1.165) is 4.90 Å². The third-order valence-corrected chi connectivity index (χ3v) is 3.60. The predicted octanol–water partition coefficient (Wildman–Crippen LogP) is -3.10. The molecule has 0 radical (unpaired) electrons. The van der Waals surface area contributed by atoms with E-state index in [-0.39, 0.29) is 17.3 Å². The van der Waals surface area contributed by atoms with Crippen LogP contribution in [-0.2, 0) is 27.0 Å². The highest BCUT2D eigenvalue weighted by molar-refractivity contribution is 7.86. The van der Waals surface area contributed by atoms with Gasteiger partial charge < -0.3 is 17.5 Å². The van der Waals surface area contributed by atoms with Crippen LogP contribution in [0.4, 0.5) is 0 Å². The first-order chi connectivity index (χ1) is 6.96.